The topological polar surface area (TPSA) is 34.6 Å². The van der Waals surface area contributed by atoms with Gasteiger partial charge in [0, 0.05) is 6.54 Å². The van der Waals surface area contributed by atoms with Crippen molar-refractivity contribution < 1.29 is 9.47 Å². The van der Waals surface area contributed by atoms with Crippen molar-refractivity contribution in [2.24, 2.45) is 0 Å². The number of aromatic nitrogens is 1. The fourth-order valence-electron chi connectivity index (χ4n) is 2.94. The number of hydrogen-bond acceptors (Lipinski definition) is 5. The second-order valence-electron chi connectivity index (χ2n) is 6.21. The maximum Gasteiger partial charge on any atom is 0.179 e. The summed E-state index contributed by atoms with van der Waals surface area (Å²) < 4.78 is 12.5. The first-order chi connectivity index (χ1) is 12.1. The Labute approximate surface area is 156 Å². The van der Waals surface area contributed by atoms with Crippen LogP contribution < -0.4 is 9.47 Å². The van der Waals surface area contributed by atoms with E-state index in [0.29, 0.717) is 24.0 Å². The fourth-order valence-corrected chi connectivity index (χ4v) is 4.31. The van der Waals surface area contributed by atoms with E-state index in [2.05, 4.69) is 37.1 Å². The first-order valence-electron chi connectivity index (χ1n) is 8.25. The third kappa shape index (κ3) is 3.32. The van der Waals surface area contributed by atoms with E-state index >= 15 is 0 Å². The van der Waals surface area contributed by atoms with Gasteiger partial charge in [0.2, 0.25) is 0 Å². The number of fused-ring (bicyclic) bond motifs is 2. The van der Waals surface area contributed by atoms with Crippen molar-refractivity contribution in [2.45, 2.75) is 19.5 Å². The zero-order chi connectivity index (χ0) is 17.4. The molecule has 0 spiro atoms. The molecule has 1 aromatic heterocycles. The minimum Gasteiger partial charge on any atom is -0.486 e. The molecule has 1 atom stereocenters. The summed E-state index contributed by atoms with van der Waals surface area (Å²) in [6.45, 7) is 4.04. The van der Waals surface area contributed by atoms with E-state index in [-0.39, 0.29) is 6.04 Å². The molecular formula is C19H19ClN2O2S. The van der Waals surface area contributed by atoms with Gasteiger partial charge in [0.05, 0.1) is 21.3 Å². The van der Waals surface area contributed by atoms with Gasteiger partial charge in [0.15, 0.2) is 11.5 Å². The molecule has 2 aromatic carbocycles. The number of para-hydroxylation sites is 1. The van der Waals surface area contributed by atoms with Crippen LogP contribution in [-0.4, -0.2) is 30.1 Å². The van der Waals surface area contributed by atoms with Crippen LogP contribution in [0.4, 0.5) is 0 Å². The molecule has 0 saturated carbocycles. The summed E-state index contributed by atoms with van der Waals surface area (Å²) in [6, 6.07) is 12.4. The maximum atomic E-state index is 6.35. The first kappa shape index (κ1) is 16.6. The van der Waals surface area contributed by atoms with Crippen molar-refractivity contribution >= 4 is 33.2 Å². The van der Waals surface area contributed by atoms with Crippen LogP contribution in [0.3, 0.4) is 0 Å². The van der Waals surface area contributed by atoms with E-state index in [9.17, 15) is 0 Å². The van der Waals surface area contributed by atoms with Crippen molar-refractivity contribution in [1.82, 2.24) is 9.88 Å². The molecule has 4 nitrogen and oxygen atoms in total. The van der Waals surface area contributed by atoms with Gasteiger partial charge >= 0.3 is 0 Å². The number of halogens is 1. The van der Waals surface area contributed by atoms with Crippen molar-refractivity contribution in [3.8, 4) is 11.5 Å². The monoisotopic (exact) mass is 374 g/mol. The van der Waals surface area contributed by atoms with E-state index < -0.39 is 0 Å². The van der Waals surface area contributed by atoms with Crippen LogP contribution >= 0.6 is 22.9 Å². The Morgan fingerprint density at radius 2 is 2.04 bits per heavy atom. The van der Waals surface area contributed by atoms with Crippen molar-refractivity contribution in [1.29, 1.82) is 0 Å². The molecule has 25 heavy (non-hydrogen) atoms. The maximum absolute atomic E-state index is 6.35. The smallest absolute Gasteiger partial charge is 0.179 e. The van der Waals surface area contributed by atoms with Gasteiger partial charge in [0.1, 0.15) is 18.2 Å². The van der Waals surface area contributed by atoms with Crippen LogP contribution in [0, 0.1) is 0 Å². The van der Waals surface area contributed by atoms with Crippen molar-refractivity contribution in [2.75, 3.05) is 20.3 Å². The van der Waals surface area contributed by atoms with E-state index in [1.165, 1.54) is 4.70 Å². The molecule has 0 amide bonds. The lowest BCUT2D eigenvalue weighted by Gasteiger charge is -2.25. The number of ether oxygens (including phenoxy) is 2. The minimum absolute atomic E-state index is 0.212. The molecule has 0 saturated heterocycles. The van der Waals surface area contributed by atoms with Crippen LogP contribution in [0.1, 0.15) is 23.5 Å². The molecular weight excluding hydrogens is 356 g/mol. The summed E-state index contributed by atoms with van der Waals surface area (Å²) in [5, 5.41) is 1.72. The van der Waals surface area contributed by atoms with Crippen LogP contribution in [-0.2, 0) is 6.54 Å². The second-order valence-corrected chi connectivity index (χ2v) is 7.68. The third-order valence-electron chi connectivity index (χ3n) is 4.42. The van der Waals surface area contributed by atoms with E-state index in [1.807, 2.05) is 18.2 Å². The normalized spacial score (nSPS) is 14.9. The summed E-state index contributed by atoms with van der Waals surface area (Å²) in [7, 11) is 2.10. The highest BCUT2D eigenvalue weighted by molar-refractivity contribution is 7.18. The highest BCUT2D eigenvalue weighted by Gasteiger charge is 2.20. The number of nitrogens with zero attached hydrogens (tertiary/aromatic N) is 2. The van der Waals surface area contributed by atoms with Gasteiger partial charge in [-0.2, -0.15) is 0 Å². The van der Waals surface area contributed by atoms with Gasteiger partial charge in [-0.1, -0.05) is 23.7 Å². The number of hydrogen-bond donors (Lipinski definition) is 0. The largest absolute Gasteiger partial charge is 0.486 e. The fraction of sp³-hybridized carbons (Fsp3) is 0.316. The molecule has 0 N–H and O–H groups in total. The average Bonchev–Trinajstić information content (AvgIpc) is 3.05. The standard InChI is InChI=1S/C19H19ClN2O2S/c1-12(19-21-15-5-3-4-6-17(15)25-19)22(2)11-13-9-14(20)18-16(10-13)23-7-8-24-18/h3-6,9-10,12H,7-8,11H2,1-2H3/t12-/m0/s1. The Hall–Kier alpha value is -1.82. The quantitative estimate of drug-likeness (QED) is 0.649. The summed E-state index contributed by atoms with van der Waals surface area (Å²) in [5.41, 5.74) is 2.16. The Morgan fingerprint density at radius 1 is 1.24 bits per heavy atom. The van der Waals surface area contributed by atoms with Crippen LogP contribution in [0.2, 0.25) is 5.02 Å². The lowest BCUT2D eigenvalue weighted by Crippen LogP contribution is -2.22. The zero-order valence-electron chi connectivity index (χ0n) is 14.2. The van der Waals surface area contributed by atoms with Gasteiger partial charge < -0.3 is 9.47 Å². The molecule has 0 unspecified atom stereocenters. The summed E-state index contributed by atoms with van der Waals surface area (Å²) in [4.78, 5) is 7.03. The van der Waals surface area contributed by atoms with Crippen molar-refractivity contribution in [3.63, 3.8) is 0 Å². The van der Waals surface area contributed by atoms with E-state index in [0.717, 1.165) is 28.4 Å². The van der Waals surface area contributed by atoms with Crippen LogP contribution in [0.5, 0.6) is 11.5 Å². The third-order valence-corrected chi connectivity index (χ3v) is 5.90. The molecule has 1 aliphatic heterocycles. The van der Waals surface area contributed by atoms with E-state index in [1.54, 1.807) is 11.3 Å². The van der Waals surface area contributed by atoms with Gasteiger partial charge in [-0.25, -0.2) is 4.98 Å². The Morgan fingerprint density at radius 3 is 2.88 bits per heavy atom. The molecule has 4 rings (SSSR count). The molecule has 0 fully saturated rings. The zero-order valence-corrected chi connectivity index (χ0v) is 15.7. The molecule has 0 radical (unpaired) electrons. The Kier molecular flexibility index (Phi) is 4.54. The lowest BCUT2D eigenvalue weighted by molar-refractivity contribution is 0.171. The van der Waals surface area contributed by atoms with Gasteiger partial charge in [-0.05, 0) is 43.8 Å². The van der Waals surface area contributed by atoms with Crippen molar-refractivity contribution in [3.05, 3.63) is 52.0 Å². The SMILES string of the molecule is C[C@@H](c1nc2ccccc2s1)N(C)Cc1cc(Cl)c2c(c1)OCCO2. The summed E-state index contributed by atoms with van der Waals surface area (Å²) in [5.74, 6) is 1.38. The summed E-state index contributed by atoms with van der Waals surface area (Å²) in [6.07, 6.45) is 0. The molecule has 0 bridgehead atoms. The van der Waals surface area contributed by atoms with E-state index in [4.69, 9.17) is 26.1 Å². The molecule has 2 heterocycles. The molecule has 3 aromatic rings. The average molecular weight is 375 g/mol. The summed E-state index contributed by atoms with van der Waals surface area (Å²) >= 11 is 8.09. The molecule has 1 aliphatic rings. The highest BCUT2D eigenvalue weighted by Crippen LogP contribution is 2.39. The predicted octanol–water partition coefficient (Wildman–Crippen LogP) is 4.91. The molecule has 130 valence electrons. The second kappa shape index (κ2) is 6.83. The van der Waals surface area contributed by atoms with Crippen LogP contribution in [0.15, 0.2) is 36.4 Å². The number of rotatable bonds is 4. The Bertz CT molecular complexity index is 879. The molecule has 6 heteroatoms. The number of thiazole rings is 1. The predicted molar refractivity (Wildman–Crippen MR) is 102 cm³/mol. The van der Waals surface area contributed by atoms with Gasteiger partial charge in [-0.3, -0.25) is 4.90 Å². The van der Waals surface area contributed by atoms with Gasteiger partial charge in [0.25, 0.3) is 0 Å². The highest BCUT2D eigenvalue weighted by atomic mass is 35.5. The Balaban J connectivity index is 1.54. The number of benzene rings is 2. The lowest BCUT2D eigenvalue weighted by atomic mass is 10.1. The van der Waals surface area contributed by atoms with Crippen LogP contribution in [0.25, 0.3) is 10.2 Å². The van der Waals surface area contributed by atoms with Gasteiger partial charge in [-0.15, -0.1) is 11.3 Å². The molecule has 0 aliphatic carbocycles. The minimum atomic E-state index is 0.212. The first-order valence-corrected chi connectivity index (χ1v) is 9.45.